The van der Waals surface area contributed by atoms with Crippen LogP contribution >= 0.6 is 0 Å². The summed E-state index contributed by atoms with van der Waals surface area (Å²) in [5.41, 5.74) is 7.77. The second-order valence-corrected chi connectivity index (χ2v) is 5.80. The van der Waals surface area contributed by atoms with Crippen molar-refractivity contribution in [2.75, 3.05) is 6.54 Å². The molecule has 0 amide bonds. The predicted molar refractivity (Wildman–Crippen MR) is 81.1 cm³/mol. The van der Waals surface area contributed by atoms with Crippen LogP contribution in [0.4, 0.5) is 0 Å². The third-order valence-electron chi connectivity index (χ3n) is 4.29. The maximum Gasteiger partial charge on any atom is 0.0508 e. The molecule has 100 valence electrons. The van der Waals surface area contributed by atoms with Crippen LogP contribution in [0.1, 0.15) is 31.9 Å². The molecule has 3 rings (SSSR count). The van der Waals surface area contributed by atoms with Crippen LogP contribution in [-0.2, 0) is 0 Å². The van der Waals surface area contributed by atoms with E-state index in [1.54, 1.807) is 0 Å². The highest BCUT2D eigenvalue weighted by atomic mass is 15.2. The molecule has 0 radical (unpaired) electrons. The minimum absolute atomic E-state index is 0.244. The van der Waals surface area contributed by atoms with Crippen LogP contribution in [0, 0.1) is 0 Å². The summed E-state index contributed by atoms with van der Waals surface area (Å²) in [4.78, 5) is 2.53. The number of benzene rings is 2. The number of likely N-dealkylation sites (tertiary alicyclic amines) is 1. The van der Waals surface area contributed by atoms with E-state index in [2.05, 4.69) is 61.2 Å². The molecule has 2 heteroatoms. The first kappa shape index (κ1) is 12.6. The zero-order valence-electron chi connectivity index (χ0n) is 11.7. The summed E-state index contributed by atoms with van der Waals surface area (Å²) in [5.74, 6) is 0. The highest BCUT2D eigenvalue weighted by Crippen LogP contribution is 2.36. The molecule has 2 atom stereocenters. The molecule has 1 fully saturated rings. The summed E-state index contributed by atoms with van der Waals surface area (Å²) in [6, 6.07) is 16.3. The van der Waals surface area contributed by atoms with Crippen molar-refractivity contribution < 1.29 is 0 Å². The van der Waals surface area contributed by atoms with E-state index in [-0.39, 0.29) is 6.04 Å². The number of rotatable bonds is 2. The van der Waals surface area contributed by atoms with Gasteiger partial charge >= 0.3 is 0 Å². The molecule has 1 heterocycles. The molecule has 19 heavy (non-hydrogen) atoms. The van der Waals surface area contributed by atoms with E-state index in [1.807, 2.05) is 0 Å². The number of hydrogen-bond donors (Lipinski definition) is 1. The summed E-state index contributed by atoms with van der Waals surface area (Å²) in [6.45, 7) is 5.62. The lowest BCUT2D eigenvalue weighted by molar-refractivity contribution is 0.199. The summed E-state index contributed by atoms with van der Waals surface area (Å²) in [7, 11) is 0. The molecule has 2 N–H and O–H groups in total. The smallest absolute Gasteiger partial charge is 0.0508 e. The monoisotopic (exact) mass is 254 g/mol. The maximum atomic E-state index is 6.39. The minimum atomic E-state index is 0.244. The van der Waals surface area contributed by atoms with Gasteiger partial charge in [-0.1, -0.05) is 42.5 Å². The minimum Gasteiger partial charge on any atom is -0.326 e. The molecule has 0 aromatic heterocycles. The summed E-state index contributed by atoms with van der Waals surface area (Å²) < 4.78 is 0. The van der Waals surface area contributed by atoms with Crippen molar-refractivity contribution in [3.63, 3.8) is 0 Å². The van der Waals surface area contributed by atoms with E-state index in [0.717, 1.165) is 13.0 Å². The topological polar surface area (TPSA) is 29.3 Å². The SMILES string of the molecule is CC(C)N1CCC(N)C1c1cccc2ccccc12. The third kappa shape index (κ3) is 2.15. The van der Waals surface area contributed by atoms with Crippen LogP contribution in [-0.4, -0.2) is 23.5 Å². The average Bonchev–Trinajstić information content (AvgIpc) is 2.80. The van der Waals surface area contributed by atoms with Crippen LogP contribution in [0.2, 0.25) is 0 Å². The second-order valence-electron chi connectivity index (χ2n) is 5.80. The Balaban J connectivity index is 2.12. The summed E-state index contributed by atoms with van der Waals surface area (Å²) in [6.07, 6.45) is 1.09. The molecule has 0 aliphatic carbocycles. The normalized spacial score (nSPS) is 24.4. The Morgan fingerprint density at radius 2 is 1.84 bits per heavy atom. The predicted octanol–water partition coefficient (Wildman–Crippen LogP) is 3.32. The zero-order chi connectivity index (χ0) is 13.4. The first-order valence-corrected chi connectivity index (χ1v) is 7.17. The van der Waals surface area contributed by atoms with Crippen LogP contribution in [0.3, 0.4) is 0 Å². The van der Waals surface area contributed by atoms with E-state index in [0.29, 0.717) is 12.1 Å². The number of nitrogens with two attached hydrogens (primary N) is 1. The van der Waals surface area contributed by atoms with Crippen LogP contribution in [0.5, 0.6) is 0 Å². The Kier molecular flexibility index (Phi) is 3.29. The van der Waals surface area contributed by atoms with Crippen molar-refractivity contribution in [1.82, 2.24) is 4.90 Å². The number of fused-ring (bicyclic) bond motifs is 1. The van der Waals surface area contributed by atoms with Gasteiger partial charge in [0.1, 0.15) is 0 Å². The first-order valence-electron chi connectivity index (χ1n) is 7.17. The Hall–Kier alpha value is -1.38. The molecule has 2 aromatic rings. The highest BCUT2D eigenvalue weighted by molar-refractivity contribution is 5.86. The van der Waals surface area contributed by atoms with Crippen molar-refractivity contribution in [3.05, 3.63) is 48.0 Å². The Morgan fingerprint density at radius 1 is 1.11 bits per heavy atom. The molecule has 1 aliphatic heterocycles. The second kappa shape index (κ2) is 4.95. The van der Waals surface area contributed by atoms with Gasteiger partial charge in [0.05, 0.1) is 6.04 Å². The van der Waals surface area contributed by atoms with Gasteiger partial charge < -0.3 is 5.73 Å². The standard InChI is InChI=1S/C17H22N2/c1-12(2)19-11-10-16(18)17(19)15-9-5-7-13-6-3-4-8-14(13)15/h3-9,12,16-17H,10-11,18H2,1-2H3. The molecular weight excluding hydrogens is 232 g/mol. The van der Waals surface area contributed by atoms with Crippen molar-refractivity contribution in [1.29, 1.82) is 0 Å². The molecule has 1 aliphatic rings. The fraction of sp³-hybridized carbons (Fsp3) is 0.412. The van der Waals surface area contributed by atoms with E-state index in [1.165, 1.54) is 16.3 Å². The van der Waals surface area contributed by atoms with Crippen LogP contribution in [0.25, 0.3) is 10.8 Å². The Morgan fingerprint density at radius 3 is 2.63 bits per heavy atom. The van der Waals surface area contributed by atoms with Gasteiger partial charge in [-0.2, -0.15) is 0 Å². The van der Waals surface area contributed by atoms with E-state index in [9.17, 15) is 0 Å². The molecule has 1 saturated heterocycles. The molecule has 0 saturated carbocycles. The van der Waals surface area contributed by atoms with Gasteiger partial charge in [-0.3, -0.25) is 4.90 Å². The lowest BCUT2D eigenvalue weighted by Crippen LogP contribution is -2.36. The molecular formula is C17H22N2. The zero-order valence-corrected chi connectivity index (χ0v) is 11.7. The van der Waals surface area contributed by atoms with Crippen molar-refractivity contribution in [3.8, 4) is 0 Å². The number of nitrogens with zero attached hydrogens (tertiary/aromatic N) is 1. The van der Waals surface area contributed by atoms with E-state index < -0.39 is 0 Å². The summed E-state index contributed by atoms with van der Waals surface area (Å²) >= 11 is 0. The van der Waals surface area contributed by atoms with Gasteiger partial charge in [0.15, 0.2) is 0 Å². The fourth-order valence-corrected chi connectivity index (χ4v) is 3.34. The van der Waals surface area contributed by atoms with Gasteiger partial charge in [0, 0.05) is 18.6 Å². The van der Waals surface area contributed by atoms with Gasteiger partial charge in [-0.15, -0.1) is 0 Å². The van der Waals surface area contributed by atoms with Gasteiger partial charge in [-0.25, -0.2) is 0 Å². The largest absolute Gasteiger partial charge is 0.326 e. The highest BCUT2D eigenvalue weighted by Gasteiger charge is 2.34. The lowest BCUT2D eigenvalue weighted by atomic mass is 9.94. The summed E-state index contributed by atoms with van der Waals surface area (Å²) in [5, 5.41) is 2.65. The third-order valence-corrected chi connectivity index (χ3v) is 4.29. The van der Waals surface area contributed by atoms with Crippen LogP contribution < -0.4 is 5.73 Å². The maximum absolute atomic E-state index is 6.39. The number of hydrogen-bond acceptors (Lipinski definition) is 2. The Bertz CT molecular complexity index is 571. The van der Waals surface area contributed by atoms with E-state index in [4.69, 9.17) is 5.73 Å². The van der Waals surface area contributed by atoms with Gasteiger partial charge in [-0.05, 0) is 36.6 Å². The molecule has 2 unspecified atom stereocenters. The first-order chi connectivity index (χ1) is 9.18. The fourth-order valence-electron chi connectivity index (χ4n) is 3.34. The molecule has 0 bridgehead atoms. The molecule has 2 nitrogen and oxygen atoms in total. The van der Waals surface area contributed by atoms with Gasteiger partial charge in [0.2, 0.25) is 0 Å². The van der Waals surface area contributed by atoms with E-state index >= 15 is 0 Å². The Labute approximate surface area is 115 Å². The van der Waals surface area contributed by atoms with Crippen molar-refractivity contribution >= 4 is 10.8 Å². The van der Waals surface area contributed by atoms with Gasteiger partial charge in [0.25, 0.3) is 0 Å². The van der Waals surface area contributed by atoms with Crippen LogP contribution in [0.15, 0.2) is 42.5 Å². The van der Waals surface area contributed by atoms with Crippen molar-refractivity contribution in [2.24, 2.45) is 5.73 Å². The lowest BCUT2D eigenvalue weighted by Gasteiger charge is -2.31. The molecule has 2 aromatic carbocycles. The average molecular weight is 254 g/mol. The van der Waals surface area contributed by atoms with Crippen molar-refractivity contribution in [2.45, 2.75) is 38.4 Å². The quantitative estimate of drug-likeness (QED) is 0.890. The molecule has 0 spiro atoms.